The maximum atomic E-state index is 5.99. The molecule has 1 saturated carbocycles. The maximum Gasteiger partial charge on any atom is 0.246 e. The number of nitrogens with two attached hydrogens (primary N) is 1. The first-order chi connectivity index (χ1) is 8.26. The van der Waals surface area contributed by atoms with Gasteiger partial charge in [0.05, 0.1) is 5.54 Å². The van der Waals surface area contributed by atoms with Crippen LogP contribution in [-0.2, 0) is 18.4 Å². The second-order valence-electron chi connectivity index (χ2n) is 4.66. The van der Waals surface area contributed by atoms with E-state index in [2.05, 4.69) is 22.3 Å². The minimum atomic E-state index is -0.321. The van der Waals surface area contributed by atoms with Crippen molar-refractivity contribution in [2.45, 2.75) is 31.2 Å². The van der Waals surface area contributed by atoms with Crippen molar-refractivity contribution < 1.29 is 4.52 Å². The van der Waals surface area contributed by atoms with Crippen molar-refractivity contribution in [2.75, 3.05) is 0 Å². The first kappa shape index (κ1) is 10.5. The lowest BCUT2D eigenvalue weighted by atomic mass is 10.1. The molecule has 0 radical (unpaired) electrons. The van der Waals surface area contributed by atoms with E-state index in [1.807, 2.05) is 18.2 Å². The molecule has 0 saturated heterocycles. The predicted molar refractivity (Wildman–Crippen MR) is 63.2 cm³/mol. The number of benzene rings is 1. The first-order valence-electron chi connectivity index (χ1n) is 5.92. The molecule has 0 spiro atoms. The zero-order valence-electron chi connectivity index (χ0n) is 9.60. The van der Waals surface area contributed by atoms with Gasteiger partial charge in [0.2, 0.25) is 5.89 Å². The monoisotopic (exact) mass is 229 g/mol. The van der Waals surface area contributed by atoms with E-state index in [0.717, 1.165) is 31.5 Å². The summed E-state index contributed by atoms with van der Waals surface area (Å²) in [6.07, 6.45) is 3.63. The van der Waals surface area contributed by atoms with Crippen molar-refractivity contribution in [3.8, 4) is 0 Å². The molecule has 2 aromatic rings. The Kier molecular flexibility index (Phi) is 2.44. The van der Waals surface area contributed by atoms with E-state index in [4.69, 9.17) is 10.3 Å². The minimum Gasteiger partial charge on any atom is -0.337 e. The summed E-state index contributed by atoms with van der Waals surface area (Å²) < 4.78 is 5.19. The second-order valence-corrected chi connectivity index (χ2v) is 4.66. The predicted octanol–water partition coefficient (Wildman–Crippen LogP) is 1.80. The Morgan fingerprint density at radius 3 is 2.65 bits per heavy atom. The van der Waals surface area contributed by atoms with E-state index in [1.54, 1.807) is 0 Å². The van der Waals surface area contributed by atoms with E-state index in [-0.39, 0.29) is 5.54 Å². The molecule has 0 bridgehead atoms. The van der Waals surface area contributed by atoms with Crippen molar-refractivity contribution in [1.29, 1.82) is 0 Å². The molecule has 2 N–H and O–H groups in total. The number of hydrogen-bond acceptors (Lipinski definition) is 4. The fraction of sp³-hybridized carbons (Fsp3) is 0.385. The van der Waals surface area contributed by atoms with Gasteiger partial charge in [0.25, 0.3) is 0 Å². The molecular weight excluding hydrogens is 214 g/mol. The van der Waals surface area contributed by atoms with Gasteiger partial charge in [-0.25, -0.2) is 0 Å². The molecule has 17 heavy (non-hydrogen) atoms. The highest BCUT2D eigenvalue weighted by molar-refractivity contribution is 5.16. The van der Waals surface area contributed by atoms with Crippen LogP contribution in [0.25, 0.3) is 0 Å². The Morgan fingerprint density at radius 1 is 1.18 bits per heavy atom. The summed E-state index contributed by atoms with van der Waals surface area (Å²) in [5.41, 5.74) is 6.96. The number of hydrogen-bond donors (Lipinski definition) is 1. The van der Waals surface area contributed by atoms with Crippen molar-refractivity contribution in [3.05, 3.63) is 47.6 Å². The van der Waals surface area contributed by atoms with Crippen molar-refractivity contribution in [1.82, 2.24) is 10.1 Å². The lowest BCUT2D eigenvalue weighted by Crippen LogP contribution is -2.19. The van der Waals surface area contributed by atoms with Gasteiger partial charge in [0, 0.05) is 6.42 Å². The Bertz CT molecular complexity index is 502. The Morgan fingerprint density at radius 2 is 1.94 bits per heavy atom. The Balaban J connectivity index is 1.64. The third-order valence-electron chi connectivity index (χ3n) is 3.16. The molecule has 0 aliphatic heterocycles. The van der Waals surface area contributed by atoms with Crippen LogP contribution in [0.5, 0.6) is 0 Å². The van der Waals surface area contributed by atoms with Gasteiger partial charge in [0.1, 0.15) is 0 Å². The minimum absolute atomic E-state index is 0.321. The van der Waals surface area contributed by atoms with Crippen molar-refractivity contribution in [3.63, 3.8) is 0 Å². The van der Waals surface area contributed by atoms with Gasteiger partial charge in [-0.3, -0.25) is 0 Å². The molecule has 4 nitrogen and oxygen atoms in total. The van der Waals surface area contributed by atoms with Gasteiger partial charge in [0.15, 0.2) is 5.82 Å². The molecule has 1 aliphatic carbocycles. The van der Waals surface area contributed by atoms with Gasteiger partial charge >= 0.3 is 0 Å². The highest BCUT2D eigenvalue weighted by Crippen LogP contribution is 2.41. The first-order valence-corrected chi connectivity index (χ1v) is 5.92. The van der Waals surface area contributed by atoms with Crippen LogP contribution in [-0.4, -0.2) is 10.1 Å². The lowest BCUT2D eigenvalue weighted by molar-refractivity contribution is 0.344. The van der Waals surface area contributed by atoms with Gasteiger partial charge in [-0.2, -0.15) is 4.98 Å². The highest BCUT2D eigenvalue weighted by Gasteiger charge is 2.45. The molecule has 3 rings (SSSR count). The third kappa shape index (κ3) is 2.22. The number of aryl methyl sites for hydroxylation is 2. The molecule has 4 heteroatoms. The summed E-state index contributed by atoms with van der Waals surface area (Å²) in [7, 11) is 0. The van der Waals surface area contributed by atoms with Crippen molar-refractivity contribution >= 4 is 0 Å². The van der Waals surface area contributed by atoms with Crippen LogP contribution in [0, 0.1) is 0 Å². The van der Waals surface area contributed by atoms with Crippen LogP contribution in [0.1, 0.15) is 30.1 Å². The second kappa shape index (κ2) is 3.96. The molecule has 0 unspecified atom stereocenters. The molecule has 1 aromatic carbocycles. The molecule has 1 fully saturated rings. The van der Waals surface area contributed by atoms with Crippen LogP contribution < -0.4 is 5.73 Å². The van der Waals surface area contributed by atoms with E-state index < -0.39 is 0 Å². The van der Waals surface area contributed by atoms with E-state index in [1.165, 1.54) is 5.56 Å². The summed E-state index contributed by atoms with van der Waals surface area (Å²) in [6, 6.07) is 10.3. The van der Waals surface area contributed by atoms with Gasteiger partial charge in [-0.05, 0) is 24.8 Å². The van der Waals surface area contributed by atoms with Crippen LogP contribution in [0.15, 0.2) is 34.9 Å². The quantitative estimate of drug-likeness (QED) is 0.868. The summed E-state index contributed by atoms with van der Waals surface area (Å²) >= 11 is 0. The molecule has 0 atom stereocenters. The van der Waals surface area contributed by atoms with E-state index >= 15 is 0 Å². The summed E-state index contributed by atoms with van der Waals surface area (Å²) in [5, 5.41) is 3.97. The van der Waals surface area contributed by atoms with Crippen LogP contribution in [0.4, 0.5) is 0 Å². The molecule has 0 amide bonds. The van der Waals surface area contributed by atoms with Crippen LogP contribution >= 0.6 is 0 Å². The lowest BCUT2D eigenvalue weighted by Gasteiger charge is -1.98. The SMILES string of the molecule is NC1(c2nc(CCc3ccccc3)no2)CC1. The Hall–Kier alpha value is -1.68. The average molecular weight is 229 g/mol. The van der Waals surface area contributed by atoms with Gasteiger partial charge in [-0.15, -0.1) is 0 Å². The zero-order chi connectivity index (χ0) is 11.7. The summed E-state index contributed by atoms with van der Waals surface area (Å²) in [6.45, 7) is 0. The molecular formula is C13H15N3O. The third-order valence-corrected chi connectivity index (χ3v) is 3.16. The highest BCUT2D eigenvalue weighted by atomic mass is 16.5. The largest absolute Gasteiger partial charge is 0.337 e. The number of rotatable bonds is 4. The smallest absolute Gasteiger partial charge is 0.246 e. The summed E-state index contributed by atoms with van der Waals surface area (Å²) in [5.74, 6) is 1.35. The Labute approximate surface area is 99.8 Å². The van der Waals surface area contributed by atoms with Crippen LogP contribution in [0.2, 0.25) is 0 Å². The average Bonchev–Trinajstić information content (AvgIpc) is 2.94. The fourth-order valence-corrected chi connectivity index (χ4v) is 1.81. The maximum absolute atomic E-state index is 5.99. The normalized spacial score (nSPS) is 17.0. The van der Waals surface area contributed by atoms with Crippen molar-refractivity contribution in [2.24, 2.45) is 5.73 Å². The van der Waals surface area contributed by atoms with Gasteiger partial charge in [-0.1, -0.05) is 35.5 Å². The molecule has 1 aromatic heterocycles. The fourth-order valence-electron chi connectivity index (χ4n) is 1.81. The summed E-state index contributed by atoms with van der Waals surface area (Å²) in [4.78, 5) is 4.36. The number of aromatic nitrogens is 2. The molecule has 1 heterocycles. The standard InChI is InChI=1S/C13H15N3O/c14-13(8-9-13)12-15-11(16-17-12)7-6-10-4-2-1-3-5-10/h1-5H,6-9,14H2. The molecule has 88 valence electrons. The zero-order valence-corrected chi connectivity index (χ0v) is 9.60. The number of nitrogens with zero attached hydrogens (tertiary/aromatic N) is 2. The van der Waals surface area contributed by atoms with Gasteiger partial charge < -0.3 is 10.3 Å². The van der Waals surface area contributed by atoms with Crippen LogP contribution in [0.3, 0.4) is 0 Å². The topological polar surface area (TPSA) is 64.9 Å². The van der Waals surface area contributed by atoms with E-state index in [9.17, 15) is 0 Å². The van der Waals surface area contributed by atoms with E-state index in [0.29, 0.717) is 5.89 Å². The molecule has 1 aliphatic rings.